The number of ether oxygens (including phenoxy) is 1. The number of amides is 1. The van der Waals surface area contributed by atoms with E-state index in [9.17, 15) is 19.7 Å². The van der Waals surface area contributed by atoms with E-state index in [4.69, 9.17) is 4.74 Å². The second-order valence-electron chi connectivity index (χ2n) is 7.05. The van der Waals surface area contributed by atoms with Crippen LogP contribution in [-0.2, 0) is 9.53 Å². The predicted molar refractivity (Wildman–Crippen MR) is 106 cm³/mol. The van der Waals surface area contributed by atoms with Crippen LogP contribution in [0.2, 0.25) is 0 Å². The van der Waals surface area contributed by atoms with Gasteiger partial charge in [-0.15, -0.1) is 0 Å². The van der Waals surface area contributed by atoms with Crippen molar-refractivity contribution in [3.8, 4) is 0 Å². The molecule has 1 aromatic carbocycles. The highest BCUT2D eigenvalue weighted by Gasteiger charge is 2.23. The Morgan fingerprint density at radius 3 is 2.68 bits per heavy atom. The summed E-state index contributed by atoms with van der Waals surface area (Å²) < 4.78 is 5.25. The fourth-order valence-corrected chi connectivity index (χ4v) is 3.09. The minimum absolute atomic E-state index is 0.0474. The number of hydrogen-bond acceptors (Lipinski definition) is 6. The summed E-state index contributed by atoms with van der Waals surface area (Å²) in [5.74, 6) is -1.16. The van der Waals surface area contributed by atoms with Crippen molar-refractivity contribution in [3.05, 3.63) is 45.5 Å². The van der Waals surface area contributed by atoms with E-state index < -0.39 is 17.0 Å². The van der Waals surface area contributed by atoms with Crippen LogP contribution in [0.25, 0.3) is 0 Å². The fraction of sp³-hybridized carbons (Fsp3) is 0.500. The second-order valence-corrected chi connectivity index (χ2v) is 7.05. The molecule has 0 saturated carbocycles. The molecule has 0 bridgehead atoms. The van der Waals surface area contributed by atoms with Gasteiger partial charge in [-0.3, -0.25) is 14.9 Å². The maximum Gasteiger partial charge on any atom is 0.341 e. The summed E-state index contributed by atoms with van der Waals surface area (Å²) in [6, 6.07) is 3.97. The van der Waals surface area contributed by atoms with Gasteiger partial charge in [0, 0.05) is 32.8 Å². The Bertz CT molecular complexity index is 773. The molecule has 1 amide bonds. The lowest BCUT2D eigenvalue weighted by molar-refractivity contribution is -0.384. The molecule has 0 unspecified atom stereocenters. The van der Waals surface area contributed by atoms with Gasteiger partial charge in [0.1, 0.15) is 0 Å². The zero-order valence-electron chi connectivity index (χ0n) is 16.6. The molecule has 1 N–H and O–H groups in total. The lowest BCUT2D eigenvalue weighted by Crippen LogP contribution is -2.36. The number of anilines is 1. The number of hydrogen-bond donors (Lipinski definition) is 1. The standard InChI is InChI=1S/C20H27N3O5/c1-14(19(24)21-12-11-15-7-5-4-6-8-15)28-20(25)17-13-16(23(26)27)9-10-18(17)22(2)3/h7,9-10,13-14H,4-6,8,11-12H2,1-3H3,(H,21,24)/t14-/m1/s1. The molecule has 0 fully saturated rings. The highest BCUT2D eigenvalue weighted by molar-refractivity contribution is 5.98. The number of non-ortho nitro benzene ring substituents is 1. The van der Waals surface area contributed by atoms with Gasteiger partial charge in [0.2, 0.25) is 0 Å². The van der Waals surface area contributed by atoms with E-state index in [0.29, 0.717) is 12.2 Å². The van der Waals surface area contributed by atoms with Crippen molar-refractivity contribution in [2.24, 2.45) is 0 Å². The number of benzene rings is 1. The number of nitrogens with one attached hydrogen (secondary N) is 1. The Hall–Kier alpha value is -2.90. The molecule has 0 heterocycles. The SMILES string of the molecule is C[C@@H](OC(=O)c1cc([N+](=O)[O-])ccc1N(C)C)C(=O)NCCC1=CCCCC1. The molecule has 152 valence electrons. The van der Waals surface area contributed by atoms with Crippen molar-refractivity contribution >= 4 is 23.3 Å². The molecule has 0 aliphatic heterocycles. The molecule has 1 aromatic rings. The van der Waals surface area contributed by atoms with Crippen LogP contribution < -0.4 is 10.2 Å². The van der Waals surface area contributed by atoms with Crippen LogP contribution >= 0.6 is 0 Å². The smallest absolute Gasteiger partial charge is 0.341 e. The number of rotatable bonds is 8. The third-order valence-electron chi connectivity index (χ3n) is 4.68. The maximum absolute atomic E-state index is 12.5. The van der Waals surface area contributed by atoms with Gasteiger partial charge < -0.3 is 15.0 Å². The molecule has 1 atom stereocenters. The first kappa shape index (κ1) is 21.4. The zero-order valence-corrected chi connectivity index (χ0v) is 16.6. The molecule has 8 heteroatoms. The molecule has 1 aliphatic carbocycles. The molecule has 0 spiro atoms. The van der Waals surface area contributed by atoms with Gasteiger partial charge in [0.15, 0.2) is 6.10 Å². The van der Waals surface area contributed by atoms with Crippen molar-refractivity contribution in [1.29, 1.82) is 0 Å². The van der Waals surface area contributed by atoms with Crippen LogP contribution in [0.1, 0.15) is 49.4 Å². The van der Waals surface area contributed by atoms with E-state index in [1.807, 2.05) is 0 Å². The first-order chi connectivity index (χ1) is 13.3. The van der Waals surface area contributed by atoms with E-state index in [1.54, 1.807) is 19.0 Å². The van der Waals surface area contributed by atoms with E-state index in [2.05, 4.69) is 11.4 Å². The summed E-state index contributed by atoms with van der Waals surface area (Å²) in [6.45, 7) is 1.98. The van der Waals surface area contributed by atoms with E-state index in [0.717, 1.165) is 25.3 Å². The van der Waals surface area contributed by atoms with E-state index in [1.165, 1.54) is 37.5 Å². The molecule has 0 aromatic heterocycles. The Morgan fingerprint density at radius 2 is 2.07 bits per heavy atom. The molecule has 2 rings (SSSR count). The number of esters is 1. The summed E-state index contributed by atoms with van der Waals surface area (Å²) in [4.78, 5) is 36.8. The number of carbonyl (C=O) groups excluding carboxylic acids is 2. The summed E-state index contributed by atoms with van der Waals surface area (Å²) in [6.07, 6.45) is 6.59. The zero-order chi connectivity index (χ0) is 20.7. The first-order valence-electron chi connectivity index (χ1n) is 9.42. The van der Waals surface area contributed by atoms with Crippen molar-refractivity contribution in [2.45, 2.75) is 45.1 Å². The van der Waals surface area contributed by atoms with Gasteiger partial charge in [-0.2, -0.15) is 0 Å². The predicted octanol–water partition coefficient (Wildman–Crippen LogP) is 3.21. The number of carbonyl (C=O) groups is 2. The van der Waals surface area contributed by atoms with Gasteiger partial charge in [-0.05, 0) is 45.1 Å². The molecule has 0 radical (unpaired) electrons. The van der Waals surface area contributed by atoms with Crippen LogP contribution in [0, 0.1) is 10.1 Å². The van der Waals surface area contributed by atoms with Crippen molar-refractivity contribution in [3.63, 3.8) is 0 Å². The monoisotopic (exact) mass is 389 g/mol. The maximum atomic E-state index is 12.5. The topological polar surface area (TPSA) is 102 Å². The van der Waals surface area contributed by atoms with Crippen molar-refractivity contribution in [1.82, 2.24) is 5.32 Å². The average Bonchev–Trinajstić information content (AvgIpc) is 2.67. The number of nitro groups is 1. The van der Waals surface area contributed by atoms with Gasteiger partial charge in [0.25, 0.3) is 11.6 Å². The van der Waals surface area contributed by atoms with Gasteiger partial charge in [0.05, 0.1) is 16.2 Å². The molecule has 8 nitrogen and oxygen atoms in total. The molecule has 1 aliphatic rings. The van der Waals surface area contributed by atoms with Gasteiger partial charge >= 0.3 is 5.97 Å². The molecular weight excluding hydrogens is 362 g/mol. The Kier molecular flexibility index (Phi) is 7.54. The van der Waals surface area contributed by atoms with Crippen LogP contribution in [0.5, 0.6) is 0 Å². The van der Waals surface area contributed by atoms with Crippen molar-refractivity contribution < 1.29 is 19.2 Å². The quantitative estimate of drug-likeness (QED) is 0.317. The average molecular weight is 389 g/mol. The fourth-order valence-electron chi connectivity index (χ4n) is 3.09. The highest BCUT2D eigenvalue weighted by Crippen LogP contribution is 2.25. The minimum Gasteiger partial charge on any atom is -0.449 e. The van der Waals surface area contributed by atoms with E-state index >= 15 is 0 Å². The Balaban J connectivity index is 1.97. The number of allylic oxidation sites excluding steroid dienone is 1. The third kappa shape index (κ3) is 5.80. The second kappa shape index (κ2) is 9.87. The number of nitrogens with zero attached hydrogens (tertiary/aromatic N) is 2. The van der Waals surface area contributed by atoms with Gasteiger partial charge in [-0.25, -0.2) is 4.79 Å². The first-order valence-corrected chi connectivity index (χ1v) is 9.42. The summed E-state index contributed by atoms with van der Waals surface area (Å²) >= 11 is 0. The normalized spacial score (nSPS) is 14.6. The van der Waals surface area contributed by atoms with Gasteiger partial charge in [-0.1, -0.05) is 11.6 Å². The Morgan fingerprint density at radius 1 is 1.32 bits per heavy atom. The lowest BCUT2D eigenvalue weighted by Gasteiger charge is -2.19. The van der Waals surface area contributed by atoms with Crippen LogP contribution in [0.15, 0.2) is 29.8 Å². The summed E-state index contributed by atoms with van der Waals surface area (Å²) in [5.41, 5.74) is 1.66. The van der Waals surface area contributed by atoms with Crippen molar-refractivity contribution in [2.75, 3.05) is 25.5 Å². The lowest BCUT2D eigenvalue weighted by atomic mass is 9.97. The summed E-state index contributed by atoms with van der Waals surface area (Å²) in [7, 11) is 3.43. The largest absolute Gasteiger partial charge is 0.449 e. The third-order valence-corrected chi connectivity index (χ3v) is 4.68. The Labute approximate surface area is 164 Å². The van der Waals surface area contributed by atoms with Crippen LogP contribution in [0.4, 0.5) is 11.4 Å². The molecule has 28 heavy (non-hydrogen) atoms. The van der Waals surface area contributed by atoms with Crippen LogP contribution in [-0.4, -0.2) is 43.5 Å². The highest BCUT2D eigenvalue weighted by atomic mass is 16.6. The van der Waals surface area contributed by atoms with E-state index in [-0.39, 0.29) is 17.2 Å². The number of nitro benzene ring substituents is 1. The molecular formula is C20H27N3O5. The molecule has 0 saturated heterocycles. The minimum atomic E-state index is -0.998. The van der Waals surface area contributed by atoms with Crippen LogP contribution in [0.3, 0.4) is 0 Å². The summed E-state index contributed by atoms with van der Waals surface area (Å²) in [5, 5.41) is 13.8.